The number of carbonyl (C=O) groups is 1. The summed E-state index contributed by atoms with van der Waals surface area (Å²) in [7, 11) is 0. The van der Waals surface area contributed by atoms with Crippen LogP contribution >= 0.6 is 11.3 Å². The third-order valence-electron chi connectivity index (χ3n) is 4.54. The monoisotopic (exact) mass is 349 g/mol. The summed E-state index contributed by atoms with van der Waals surface area (Å²) < 4.78 is 0. The molecule has 1 fully saturated rings. The van der Waals surface area contributed by atoms with Crippen LogP contribution in [0.2, 0.25) is 0 Å². The van der Waals surface area contributed by atoms with Crippen LogP contribution in [-0.2, 0) is 0 Å². The summed E-state index contributed by atoms with van der Waals surface area (Å²) in [5, 5.41) is 3.03. The van der Waals surface area contributed by atoms with Crippen molar-refractivity contribution in [2.75, 3.05) is 6.54 Å². The van der Waals surface area contributed by atoms with Crippen molar-refractivity contribution in [2.45, 2.75) is 25.8 Å². The highest BCUT2D eigenvalue weighted by atomic mass is 32.1. The van der Waals surface area contributed by atoms with Gasteiger partial charge in [-0.3, -0.25) is 9.78 Å². The Balaban J connectivity index is 1.56. The summed E-state index contributed by atoms with van der Waals surface area (Å²) in [6.45, 7) is 2.77. The highest BCUT2D eigenvalue weighted by Gasteiger charge is 2.31. The van der Waals surface area contributed by atoms with Gasteiger partial charge in [-0.05, 0) is 44.0 Å². The van der Waals surface area contributed by atoms with Gasteiger partial charge in [0.15, 0.2) is 0 Å². The molecule has 126 valence electrons. The Morgan fingerprint density at radius 2 is 2.04 bits per heavy atom. The van der Waals surface area contributed by atoms with Gasteiger partial charge in [-0.25, -0.2) is 4.98 Å². The number of aromatic nitrogens is 2. The number of amides is 1. The molecule has 0 N–H and O–H groups in total. The average Bonchev–Trinajstić information content (AvgIpc) is 3.31. The molecule has 25 heavy (non-hydrogen) atoms. The molecule has 1 amide bonds. The van der Waals surface area contributed by atoms with E-state index in [1.54, 1.807) is 17.5 Å². The molecular weight excluding hydrogens is 330 g/mol. The van der Waals surface area contributed by atoms with E-state index in [4.69, 9.17) is 0 Å². The molecule has 3 heterocycles. The molecule has 1 saturated heterocycles. The van der Waals surface area contributed by atoms with Gasteiger partial charge in [-0.2, -0.15) is 0 Å². The number of carbonyl (C=O) groups excluding carboxylic acids is 1. The van der Waals surface area contributed by atoms with E-state index >= 15 is 0 Å². The van der Waals surface area contributed by atoms with Crippen molar-refractivity contribution in [2.24, 2.45) is 0 Å². The first-order valence-electron chi connectivity index (χ1n) is 8.47. The zero-order chi connectivity index (χ0) is 17.2. The molecule has 0 spiro atoms. The molecular formula is C20H19N3OS. The molecule has 0 aliphatic carbocycles. The number of nitrogens with zero attached hydrogens (tertiary/aromatic N) is 3. The van der Waals surface area contributed by atoms with Gasteiger partial charge in [0.1, 0.15) is 5.01 Å². The smallest absolute Gasteiger partial charge is 0.254 e. The maximum Gasteiger partial charge on any atom is 0.254 e. The molecule has 0 radical (unpaired) electrons. The highest BCUT2D eigenvalue weighted by Crippen LogP contribution is 2.32. The fourth-order valence-electron chi connectivity index (χ4n) is 3.30. The van der Waals surface area contributed by atoms with Crippen molar-refractivity contribution < 1.29 is 4.79 Å². The molecule has 1 aromatic carbocycles. The summed E-state index contributed by atoms with van der Waals surface area (Å²) >= 11 is 1.63. The molecule has 1 unspecified atom stereocenters. The number of aryl methyl sites for hydroxylation is 1. The first-order valence-corrected chi connectivity index (χ1v) is 9.35. The molecule has 0 saturated carbocycles. The van der Waals surface area contributed by atoms with Crippen molar-refractivity contribution in [1.82, 2.24) is 14.9 Å². The van der Waals surface area contributed by atoms with Crippen molar-refractivity contribution >= 4 is 17.2 Å². The minimum atomic E-state index is 0.0787. The predicted octanol–water partition coefficient (Wildman–Crippen LogP) is 4.49. The Labute approximate surface area is 151 Å². The maximum absolute atomic E-state index is 13.0. The Morgan fingerprint density at radius 1 is 1.20 bits per heavy atom. The summed E-state index contributed by atoms with van der Waals surface area (Å²) in [6, 6.07) is 13.7. The highest BCUT2D eigenvalue weighted by molar-refractivity contribution is 7.13. The minimum Gasteiger partial charge on any atom is -0.330 e. The van der Waals surface area contributed by atoms with Crippen molar-refractivity contribution in [3.8, 4) is 10.6 Å². The fraction of sp³-hybridized carbons (Fsp3) is 0.250. The van der Waals surface area contributed by atoms with Crippen LogP contribution in [0.15, 0.2) is 54.0 Å². The number of pyridine rings is 1. The van der Waals surface area contributed by atoms with E-state index in [1.807, 2.05) is 59.7 Å². The predicted molar refractivity (Wildman–Crippen MR) is 99.5 cm³/mol. The Bertz CT molecular complexity index is 873. The maximum atomic E-state index is 13.0. The molecule has 3 aromatic rings. The molecule has 5 heteroatoms. The second kappa shape index (κ2) is 6.76. The largest absolute Gasteiger partial charge is 0.330 e. The van der Waals surface area contributed by atoms with Crippen LogP contribution in [0, 0.1) is 6.92 Å². The molecule has 1 atom stereocenters. The second-order valence-corrected chi connectivity index (χ2v) is 7.14. The third-order valence-corrected chi connectivity index (χ3v) is 5.55. The van der Waals surface area contributed by atoms with Crippen LogP contribution in [0.3, 0.4) is 0 Å². The van der Waals surface area contributed by atoms with E-state index in [2.05, 4.69) is 9.97 Å². The van der Waals surface area contributed by atoms with Crippen LogP contribution in [0.5, 0.6) is 0 Å². The van der Waals surface area contributed by atoms with Crippen LogP contribution < -0.4 is 0 Å². The second-order valence-electron chi connectivity index (χ2n) is 6.28. The average molecular weight is 349 g/mol. The van der Waals surface area contributed by atoms with Crippen molar-refractivity contribution in [3.05, 3.63) is 71.0 Å². The fourth-order valence-corrected chi connectivity index (χ4v) is 4.10. The summed E-state index contributed by atoms with van der Waals surface area (Å²) in [6.07, 6.45) is 3.78. The van der Waals surface area contributed by atoms with E-state index < -0.39 is 0 Å². The molecule has 1 aliphatic rings. The first-order chi connectivity index (χ1) is 12.2. The van der Waals surface area contributed by atoms with Gasteiger partial charge in [0, 0.05) is 34.9 Å². The third kappa shape index (κ3) is 3.20. The van der Waals surface area contributed by atoms with Crippen LogP contribution in [0.25, 0.3) is 10.6 Å². The quantitative estimate of drug-likeness (QED) is 0.700. The lowest BCUT2D eigenvalue weighted by molar-refractivity contribution is 0.0733. The van der Waals surface area contributed by atoms with Gasteiger partial charge in [0.05, 0.1) is 11.7 Å². The Kier molecular flexibility index (Phi) is 4.32. The Morgan fingerprint density at radius 3 is 2.72 bits per heavy atom. The zero-order valence-electron chi connectivity index (χ0n) is 14.1. The van der Waals surface area contributed by atoms with Gasteiger partial charge in [-0.1, -0.05) is 18.2 Å². The van der Waals surface area contributed by atoms with Crippen molar-refractivity contribution in [3.63, 3.8) is 0 Å². The van der Waals surface area contributed by atoms with Gasteiger partial charge < -0.3 is 4.90 Å². The van der Waals surface area contributed by atoms with Crippen LogP contribution in [0.4, 0.5) is 0 Å². The molecule has 4 rings (SSSR count). The van der Waals surface area contributed by atoms with Crippen LogP contribution in [0.1, 0.15) is 40.6 Å². The number of thiazole rings is 1. The standard InChI is InChI=1S/C20H19N3OS/c1-14-13-25-19(22-14)15-7-9-16(10-8-15)20(24)23-12-4-6-18(23)17-5-2-3-11-21-17/h2-3,5,7-11,13,18H,4,6,12H2,1H3. The molecule has 0 bridgehead atoms. The normalized spacial score (nSPS) is 17.0. The Hall–Kier alpha value is -2.53. The van der Waals surface area contributed by atoms with Crippen molar-refractivity contribution in [1.29, 1.82) is 0 Å². The number of likely N-dealkylation sites (tertiary alicyclic amines) is 1. The lowest BCUT2D eigenvalue weighted by atomic mass is 10.1. The van der Waals surface area contributed by atoms with Gasteiger partial charge in [0.2, 0.25) is 0 Å². The number of benzene rings is 1. The molecule has 1 aliphatic heterocycles. The van der Waals surface area contributed by atoms with Crippen LogP contribution in [-0.4, -0.2) is 27.3 Å². The van der Waals surface area contributed by atoms with E-state index in [1.165, 1.54) is 0 Å². The lowest BCUT2D eigenvalue weighted by Crippen LogP contribution is -2.30. The first kappa shape index (κ1) is 16.0. The topological polar surface area (TPSA) is 46.1 Å². The number of rotatable bonds is 3. The zero-order valence-corrected chi connectivity index (χ0v) is 14.9. The van der Waals surface area contributed by atoms with Gasteiger partial charge in [-0.15, -0.1) is 11.3 Å². The van der Waals surface area contributed by atoms with E-state index in [0.29, 0.717) is 0 Å². The van der Waals surface area contributed by atoms with E-state index in [-0.39, 0.29) is 11.9 Å². The minimum absolute atomic E-state index is 0.0787. The lowest BCUT2D eigenvalue weighted by Gasteiger charge is -2.24. The number of hydrogen-bond donors (Lipinski definition) is 0. The van der Waals surface area contributed by atoms with E-state index in [9.17, 15) is 4.79 Å². The summed E-state index contributed by atoms with van der Waals surface area (Å²) in [4.78, 5) is 23.9. The SMILES string of the molecule is Cc1csc(-c2ccc(C(=O)N3CCCC3c3ccccn3)cc2)n1. The van der Waals surface area contributed by atoms with E-state index in [0.717, 1.165) is 46.9 Å². The molecule has 2 aromatic heterocycles. The summed E-state index contributed by atoms with van der Waals surface area (Å²) in [5.41, 5.74) is 3.77. The van der Waals surface area contributed by atoms with Gasteiger partial charge >= 0.3 is 0 Å². The number of hydrogen-bond acceptors (Lipinski definition) is 4. The summed E-state index contributed by atoms with van der Waals surface area (Å²) in [5.74, 6) is 0.0787. The van der Waals surface area contributed by atoms with Gasteiger partial charge in [0.25, 0.3) is 5.91 Å². The molecule has 4 nitrogen and oxygen atoms in total.